The molecular formula is C17H15F2N5O2S2. The second kappa shape index (κ2) is 7.78. The molecule has 0 saturated carbocycles. The first kappa shape index (κ1) is 18.7. The van der Waals surface area contributed by atoms with Crippen LogP contribution in [-0.4, -0.2) is 34.5 Å². The van der Waals surface area contributed by atoms with Crippen molar-refractivity contribution in [1.82, 2.24) is 14.7 Å². The Morgan fingerprint density at radius 1 is 1.36 bits per heavy atom. The fraction of sp³-hybridized carbons (Fsp3) is 0.235. The number of thiazole rings is 1. The van der Waals surface area contributed by atoms with Crippen LogP contribution in [-0.2, 0) is 0 Å². The van der Waals surface area contributed by atoms with Crippen LogP contribution in [0.1, 0.15) is 16.9 Å². The van der Waals surface area contributed by atoms with E-state index in [1.54, 1.807) is 0 Å². The van der Waals surface area contributed by atoms with Gasteiger partial charge in [0, 0.05) is 18.1 Å². The van der Waals surface area contributed by atoms with Crippen molar-refractivity contribution in [3.8, 4) is 15.6 Å². The van der Waals surface area contributed by atoms with Gasteiger partial charge in [0.25, 0.3) is 5.91 Å². The fourth-order valence-electron chi connectivity index (χ4n) is 2.76. The lowest BCUT2D eigenvalue weighted by atomic mass is 10.2. The zero-order valence-electron chi connectivity index (χ0n) is 14.4. The highest BCUT2D eigenvalue weighted by molar-refractivity contribution is 7.19. The predicted octanol–water partition coefficient (Wildman–Crippen LogP) is 3.12. The van der Waals surface area contributed by atoms with E-state index >= 15 is 0 Å². The van der Waals surface area contributed by atoms with Gasteiger partial charge in [-0.1, -0.05) is 17.4 Å². The molecular weight excluding hydrogens is 408 g/mol. The van der Waals surface area contributed by atoms with Gasteiger partial charge in [-0.15, -0.1) is 0 Å². The topological polar surface area (TPSA) is 102 Å². The number of hydrogen-bond acceptors (Lipinski definition) is 8. The molecule has 3 heterocycles. The summed E-state index contributed by atoms with van der Waals surface area (Å²) in [5.74, 6) is -2.15. The maximum absolute atomic E-state index is 14.0. The summed E-state index contributed by atoms with van der Waals surface area (Å²) in [6.07, 6.45) is 2.35. The minimum absolute atomic E-state index is 0.00445. The molecule has 3 aromatic rings. The molecule has 1 saturated heterocycles. The lowest BCUT2D eigenvalue weighted by Gasteiger charge is -2.11. The minimum atomic E-state index is -0.774. The first-order valence-electron chi connectivity index (χ1n) is 8.37. The number of ether oxygens (including phenoxy) is 1. The molecule has 0 radical (unpaired) electrons. The van der Waals surface area contributed by atoms with Crippen molar-refractivity contribution in [2.24, 2.45) is 0 Å². The number of nitrogens with two attached hydrogens (primary N) is 1. The van der Waals surface area contributed by atoms with Crippen molar-refractivity contribution >= 4 is 39.5 Å². The summed E-state index contributed by atoms with van der Waals surface area (Å²) >= 11 is 1.96. The van der Waals surface area contributed by atoms with E-state index in [2.05, 4.69) is 20.0 Å². The van der Waals surface area contributed by atoms with Crippen LogP contribution in [0.15, 0.2) is 24.4 Å². The second-order valence-electron chi connectivity index (χ2n) is 6.04. The first-order chi connectivity index (χ1) is 13.5. The number of rotatable bonds is 5. The number of nitrogen functional groups attached to an aromatic ring is 1. The smallest absolute Gasteiger partial charge is 0.277 e. The van der Waals surface area contributed by atoms with E-state index in [1.165, 1.54) is 12.3 Å². The van der Waals surface area contributed by atoms with Gasteiger partial charge in [0.2, 0.25) is 5.06 Å². The van der Waals surface area contributed by atoms with Gasteiger partial charge in [0.15, 0.2) is 5.69 Å². The molecule has 4 N–H and O–H groups in total. The Labute approximate surface area is 166 Å². The number of anilines is 2. The number of carbonyl (C=O) groups is 1. The van der Waals surface area contributed by atoms with Crippen molar-refractivity contribution in [3.05, 3.63) is 41.7 Å². The van der Waals surface area contributed by atoms with Crippen molar-refractivity contribution in [1.29, 1.82) is 0 Å². The average molecular weight is 423 g/mol. The van der Waals surface area contributed by atoms with Crippen LogP contribution in [0.25, 0.3) is 10.6 Å². The normalized spacial score (nSPS) is 16.3. The van der Waals surface area contributed by atoms with Gasteiger partial charge >= 0.3 is 0 Å². The Balaban J connectivity index is 1.55. The van der Waals surface area contributed by atoms with Crippen LogP contribution in [0.5, 0.6) is 5.06 Å². The van der Waals surface area contributed by atoms with Gasteiger partial charge in [0.05, 0.1) is 11.8 Å². The average Bonchev–Trinajstić information content (AvgIpc) is 3.38. The Hall–Kier alpha value is -2.63. The predicted molar refractivity (Wildman–Crippen MR) is 104 cm³/mol. The Morgan fingerprint density at radius 2 is 2.14 bits per heavy atom. The van der Waals surface area contributed by atoms with Gasteiger partial charge in [-0.25, -0.2) is 13.8 Å². The minimum Gasteiger partial charge on any atom is -0.477 e. The van der Waals surface area contributed by atoms with Crippen molar-refractivity contribution in [3.63, 3.8) is 0 Å². The maximum Gasteiger partial charge on any atom is 0.277 e. The SMILES string of the molecule is Nc1sc(-c2c(F)cccc2F)nc1C(=O)Nc1cnsc1OC1CCNC1. The Kier molecular flexibility index (Phi) is 5.20. The molecule has 0 spiro atoms. The van der Waals surface area contributed by atoms with E-state index in [0.29, 0.717) is 10.8 Å². The molecule has 1 atom stereocenters. The van der Waals surface area contributed by atoms with E-state index < -0.39 is 17.5 Å². The van der Waals surface area contributed by atoms with Crippen LogP contribution < -0.4 is 21.1 Å². The number of nitrogens with zero attached hydrogens (tertiary/aromatic N) is 2. The molecule has 11 heteroatoms. The summed E-state index contributed by atoms with van der Waals surface area (Å²) in [4.78, 5) is 16.7. The molecule has 146 valence electrons. The van der Waals surface area contributed by atoms with E-state index in [9.17, 15) is 13.6 Å². The molecule has 1 unspecified atom stereocenters. The third kappa shape index (κ3) is 3.68. The van der Waals surface area contributed by atoms with Crippen LogP contribution in [0.3, 0.4) is 0 Å². The van der Waals surface area contributed by atoms with Crippen molar-refractivity contribution in [2.75, 3.05) is 24.1 Å². The number of nitrogens with one attached hydrogen (secondary N) is 2. The molecule has 1 amide bonds. The van der Waals surface area contributed by atoms with E-state index in [0.717, 1.165) is 54.5 Å². The summed E-state index contributed by atoms with van der Waals surface area (Å²) in [5, 5.41) is 6.38. The van der Waals surface area contributed by atoms with E-state index in [1.807, 2.05) is 0 Å². The number of halogens is 2. The summed E-state index contributed by atoms with van der Waals surface area (Å²) in [6, 6.07) is 3.49. The Bertz CT molecular complexity index is 997. The monoisotopic (exact) mass is 423 g/mol. The molecule has 1 aliphatic rings. The largest absolute Gasteiger partial charge is 0.477 e. The third-order valence-electron chi connectivity index (χ3n) is 4.12. The molecule has 0 aliphatic carbocycles. The lowest BCUT2D eigenvalue weighted by molar-refractivity contribution is 0.102. The highest BCUT2D eigenvalue weighted by Gasteiger charge is 2.24. The van der Waals surface area contributed by atoms with Crippen LogP contribution in [0, 0.1) is 11.6 Å². The van der Waals surface area contributed by atoms with Gasteiger partial charge in [-0.3, -0.25) is 4.79 Å². The molecule has 4 rings (SSSR count). The van der Waals surface area contributed by atoms with E-state index in [4.69, 9.17) is 10.5 Å². The van der Waals surface area contributed by atoms with Gasteiger partial charge in [-0.05, 0) is 25.1 Å². The zero-order chi connectivity index (χ0) is 19.7. The molecule has 2 aromatic heterocycles. The van der Waals surface area contributed by atoms with Gasteiger partial charge in [0.1, 0.15) is 33.4 Å². The maximum atomic E-state index is 14.0. The van der Waals surface area contributed by atoms with Gasteiger partial charge < -0.3 is 21.1 Å². The third-order valence-corrected chi connectivity index (χ3v) is 5.71. The van der Waals surface area contributed by atoms with Crippen molar-refractivity contribution < 1.29 is 18.3 Å². The summed E-state index contributed by atoms with van der Waals surface area (Å²) in [7, 11) is 0. The fourth-order valence-corrected chi connectivity index (χ4v) is 4.27. The Morgan fingerprint density at radius 3 is 2.86 bits per heavy atom. The summed E-state index contributed by atoms with van der Waals surface area (Å²) in [6.45, 7) is 1.60. The zero-order valence-corrected chi connectivity index (χ0v) is 16.0. The van der Waals surface area contributed by atoms with Crippen LogP contribution >= 0.6 is 22.9 Å². The molecule has 0 bridgehead atoms. The van der Waals surface area contributed by atoms with Crippen molar-refractivity contribution in [2.45, 2.75) is 12.5 Å². The standard InChI is InChI=1S/C17H15F2N5O2S2/c18-9-2-1-3-10(19)12(9)16-24-13(14(20)27-16)15(25)23-11-7-22-28-17(11)26-8-4-5-21-6-8/h1-3,7-8,21H,4-6,20H2,(H,23,25). The number of amides is 1. The number of benzene rings is 1. The lowest BCUT2D eigenvalue weighted by Crippen LogP contribution is -2.20. The second-order valence-corrected chi connectivity index (χ2v) is 7.84. The molecule has 1 fully saturated rings. The molecule has 28 heavy (non-hydrogen) atoms. The van der Waals surface area contributed by atoms with Gasteiger partial charge in [-0.2, -0.15) is 4.37 Å². The number of carbonyl (C=O) groups excluding carboxylic acids is 1. The molecule has 1 aromatic carbocycles. The molecule has 1 aliphatic heterocycles. The van der Waals surface area contributed by atoms with Crippen LogP contribution in [0.4, 0.5) is 19.5 Å². The first-order valence-corrected chi connectivity index (χ1v) is 9.96. The highest BCUT2D eigenvalue weighted by atomic mass is 32.1. The number of hydrogen-bond donors (Lipinski definition) is 3. The highest BCUT2D eigenvalue weighted by Crippen LogP contribution is 2.35. The number of aromatic nitrogens is 2. The molecule has 7 nitrogen and oxygen atoms in total. The quantitative estimate of drug-likeness (QED) is 0.583. The summed E-state index contributed by atoms with van der Waals surface area (Å²) in [5.41, 5.74) is 5.85. The van der Waals surface area contributed by atoms with E-state index in [-0.39, 0.29) is 27.4 Å². The van der Waals surface area contributed by atoms with Crippen LogP contribution in [0.2, 0.25) is 0 Å². The summed E-state index contributed by atoms with van der Waals surface area (Å²) < 4.78 is 37.9.